The minimum Gasteiger partial charge on any atom is -0.481 e. The third-order valence-electron chi connectivity index (χ3n) is 3.44. The molecule has 1 unspecified atom stereocenters. The van der Waals surface area contributed by atoms with Crippen LogP contribution in [0.3, 0.4) is 0 Å². The normalized spacial score (nSPS) is 13.6. The van der Waals surface area contributed by atoms with Crippen molar-refractivity contribution >= 4 is 5.97 Å². The average molecular weight is 242 g/mol. The molecule has 0 aromatic rings. The number of hydrogen-bond acceptors (Lipinski definition) is 1. The molecule has 0 saturated carbocycles. The number of carboxylic acid groups (broad SMARTS) is 1. The highest BCUT2D eigenvalue weighted by Crippen LogP contribution is 2.30. The van der Waals surface area contributed by atoms with E-state index in [1.165, 1.54) is 38.5 Å². The van der Waals surface area contributed by atoms with Gasteiger partial charge in [-0.1, -0.05) is 72.6 Å². The molecule has 0 bridgehead atoms. The van der Waals surface area contributed by atoms with E-state index < -0.39 is 5.97 Å². The van der Waals surface area contributed by atoms with Crippen molar-refractivity contribution in [2.24, 2.45) is 11.3 Å². The Labute approximate surface area is 107 Å². The fourth-order valence-corrected chi connectivity index (χ4v) is 2.23. The first-order chi connectivity index (χ1) is 7.89. The standard InChI is InChI=1S/C15H30O2/c1-5-6-7-8-9-10-11-12-13(14(16)17)15(2,3)4/h13H,5-12H2,1-4H3,(H,16,17). The summed E-state index contributed by atoms with van der Waals surface area (Å²) in [6.07, 6.45) is 9.58. The lowest BCUT2D eigenvalue weighted by molar-refractivity contribution is -0.145. The van der Waals surface area contributed by atoms with E-state index in [4.69, 9.17) is 0 Å². The molecule has 0 aromatic heterocycles. The van der Waals surface area contributed by atoms with Gasteiger partial charge in [0.1, 0.15) is 0 Å². The fraction of sp³-hybridized carbons (Fsp3) is 0.933. The van der Waals surface area contributed by atoms with Crippen molar-refractivity contribution < 1.29 is 9.90 Å². The fourth-order valence-electron chi connectivity index (χ4n) is 2.23. The van der Waals surface area contributed by atoms with Crippen LogP contribution in [0, 0.1) is 11.3 Å². The maximum Gasteiger partial charge on any atom is 0.307 e. The smallest absolute Gasteiger partial charge is 0.307 e. The van der Waals surface area contributed by atoms with Crippen LogP contribution < -0.4 is 0 Å². The molecule has 0 heterocycles. The molecule has 17 heavy (non-hydrogen) atoms. The first-order valence-corrected chi connectivity index (χ1v) is 7.12. The van der Waals surface area contributed by atoms with Crippen molar-refractivity contribution in [1.29, 1.82) is 0 Å². The Morgan fingerprint density at radius 2 is 1.47 bits per heavy atom. The molecule has 0 aliphatic heterocycles. The summed E-state index contributed by atoms with van der Waals surface area (Å²) in [5.41, 5.74) is -0.117. The number of unbranched alkanes of at least 4 members (excludes halogenated alkanes) is 6. The topological polar surface area (TPSA) is 37.3 Å². The molecular formula is C15H30O2. The maximum atomic E-state index is 11.2. The Hall–Kier alpha value is -0.530. The van der Waals surface area contributed by atoms with Crippen LogP contribution in [0.1, 0.15) is 79.1 Å². The molecule has 0 rings (SSSR count). The highest BCUT2D eigenvalue weighted by atomic mass is 16.4. The van der Waals surface area contributed by atoms with Gasteiger partial charge >= 0.3 is 5.97 Å². The summed E-state index contributed by atoms with van der Waals surface area (Å²) in [6, 6.07) is 0. The molecular weight excluding hydrogens is 212 g/mol. The number of carbonyl (C=O) groups is 1. The van der Waals surface area contributed by atoms with E-state index in [0.29, 0.717) is 0 Å². The molecule has 1 N–H and O–H groups in total. The van der Waals surface area contributed by atoms with Gasteiger partial charge in [0, 0.05) is 0 Å². The lowest BCUT2D eigenvalue weighted by Crippen LogP contribution is -2.28. The quantitative estimate of drug-likeness (QED) is 0.585. The second kappa shape index (κ2) is 8.54. The van der Waals surface area contributed by atoms with E-state index >= 15 is 0 Å². The molecule has 1 atom stereocenters. The molecule has 0 radical (unpaired) electrons. The summed E-state index contributed by atoms with van der Waals surface area (Å²) in [5.74, 6) is -0.832. The number of rotatable bonds is 9. The highest BCUT2D eigenvalue weighted by Gasteiger charge is 2.30. The predicted molar refractivity (Wildman–Crippen MR) is 73.2 cm³/mol. The van der Waals surface area contributed by atoms with Gasteiger partial charge in [-0.2, -0.15) is 0 Å². The summed E-state index contributed by atoms with van der Waals surface area (Å²) in [7, 11) is 0. The van der Waals surface area contributed by atoms with Gasteiger partial charge in [0.25, 0.3) is 0 Å². The summed E-state index contributed by atoms with van der Waals surface area (Å²) < 4.78 is 0. The summed E-state index contributed by atoms with van der Waals surface area (Å²) >= 11 is 0. The van der Waals surface area contributed by atoms with Gasteiger partial charge in [0.2, 0.25) is 0 Å². The van der Waals surface area contributed by atoms with Gasteiger partial charge in [0.05, 0.1) is 5.92 Å². The Morgan fingerprint density at radius 1 is 1.00 bits per heavy atom. The predicted octanol–water partition coefficient (Wildman–Crippen LogP) is 4.87. The molecule has 0 aliphatic rings. The number of carboxylic acids is 1. The van der Waals surface area contributed by atoms with Gasteiger partial charge in [-0.05, 0) is 11.8 Å². The van der Waals surface area contributed by atoms with E-state index in [1.54, 1.807) is 0 Å². The zero-order chi connectivity index (χ0) is 13.3. The van der Waals surface area contributed by atoms with Crippen molar-refractivity contribution in [3.63, 3.8) is 0 Å². The van der Waals surface area contributed by atoms with Crippen LogP contribution in [0.25, 0.3) is 0 Å². The second-order valence-electron chi connectivity index (χ2n) is 6.17. The molecule has 102 valence electrons. The van der Waals surface area contributed by atoms with Crippen molar-refractivity contribution in [3.05, 3.63) is 0 Å². The monoisotopic (exact) mass is 242 g/mol. The molecule has 2 nitrogen and oxygen atoms in total. The zero-order valence-electron chi connectivity index (χ0n) is 12.1. The molecule has 0 amide bonds. The zero-order valence-corrected chi connectivity index (χ0v) is 12.1. The van der Waals surface area contributed by atoms with Crippen molar-refractivity contribution in [1.82, 2.24) is 0 Å². The summed E-state index contributed by atoms with van der Waals surface area (Å²) in [4.78, 5) is 11.2. The average Bonchev–Trinajstić information content (AvgIpc) is 2.19. The first kappa shape index (κ1) is 16.5. The lowest BCUT2D eigenvalue weighted by atomic mass is 9.78. The Kier molecular flexibility index (Phi) is 8.28. The van der Waals surface area contributed by atoms with Crippen LogP contribution >= 0.6 is 0 Å². The summed E-state index contributed by atoms with van der Waals surface area (Å²) in [5, 5.41) is 9.18. The van der Waals surface area contributed by atoms with Gasteiger partial charge in [-0.25, -0.2) is 0 Å². The van der Waals surface area contributed by atoms with Crippen molar-refractivity contribution in [2.45, 2.75) is 79.1 Å². The van der Waals surface area contributed by atoms with Gasteiger partial charge < -0.3 is 5.11 Å². The minimum atomic E-state index is -0.636. The van der Waals surface area contributed by atoms with Crippen LogP contribution in [-0.2, 0) is 4.79 Å². The van der Waals surface area contributed by atoms with E-state index in [0.717, 1.165) is 12.8 Å². The third-order valence-corrected chi connectivity index (χ3v) is 3.44. The van der Waals surface area contributed by atoms with E-state index in [9.17, 15) is 9.90 Å². The SMILES string of the molecule is CCCCCCCCCC(C(=O)O)C(C)(C)C. The van der Waals surface area contributed by atoms with Crippen LogP contribution in [0.2, 0.25) is 0 Å². The Bertz CT molecular complexity index is 203. The van der Waals surface area contributed by atoms with Crippen LogP contribution in [-0.4, -0.2) is 11.1 Å². The Balaban J connectivity index is 3.67. The molecule has 0 saturated heterocycles. The first-order valence-electron chi connectivity index (χ1n) is 7.12. The van der Waals surface area contributed by atoms with Gasteiger partial charge in [0.15, 0.2) is 0 Å². The number of hydrogen-bond donors (Lipinski definition) is 1. The van der Waals surface area contributed by atoms with Crippen LogP contribution in [0.15, 0.2) is 0 Å². The third kappa shape index (κ3) is 8.23. The Morgan fingerprint density at radius 3 is 1.88 bits per heavy atom. The van der Waals surface area contributed by atoms with Crippen LogP contribution in [0.5, 0.6) is 0 Å². The molecule has 0 spiro atoms. The highest BCUT2D eigenvalue weighted by molar-refractivity contribution is 5.70. The van der Waals surface area contributed by atoms with Gasteiger partial charge in [-0.3, -0.25) is 4.79 Å². The van der Waals surface area contributed by atoms with Crippen molar-refractivity contribution in [2.75, 3.05) is 0 Å². The van der Waals surface area contributed by atoms with Crippen LogP contribution in [0.4, 0.5) is 0 Å². The molecule has 0 aromatic carbocycles. The minimum absolute atomic E-state index is 0.117. The maximum absolute atomic E-state index is 11.2. The van der Waals surface area contributed by atoms with E-state index in [-0.39, 0.29) is 11.3 Å². The lowest BCUT2D eigenvalue weighted by Gasteiger charge is -2.26. The van der Waals surface area contributed by atoms with E-state index in [1.807, 2.05) is 20.8 Å². The largest absolute Gasteiger partial charge is 0.481 e. The van der Waals surface area contributed by atoms with E-state index in [2.05, 4.69) is 6.92 Å². The summed E-state index contributed by atoms with van der Waals surface area (Å²) in [6.45, 7) is 8.29. The molecule has 0 aliphatic carbocycles. The van der Waals surface area contributed by atoms with Gasteiger partial charge in [-0.15, -0.1) is 0 Å². The molecule has 0 fully saturated rings. The van der Waals surface area contributed by atoms with Crippen molar-refractivity contribution in [3.8, 4) is 0 Å². The molecule has 2 heteroatoms. The number of aliphatic carboxylic acids is 1. The second-order valence-corrected chi connectivity index (χ2v) is 6.17.